The molecule has 1 aromatic rings. The van der Waals surface area contributed by atoms with Gasteiger partial charge in [0, 0.05) is 12.8 Å². The second kappa shape index (κ2) is 4.52. The lowest BCUT2D eigenvalue weighted by Gasteiger charge is -2.23. The van der Waals surface area contributed by atoms with Crippen LogP contribution in [0.1, 0.15) is 43.2 Å². The van der Waals surface area contributed by atoms with Crippen LogP contribution in [-0.4, -0.2) is 23.6 Å². The Hall–Kier alpha value is -1.31. The highest BCUT2D eigenvalue weighted by Crippen LogP contribution is 2.27. The summed E-state index contributed by atoms with van der Waals surface area (Å²) in [6, 6.07) is 7.07. The molecular formula is C15H20NO+. The Kier molecular flexibility index (Phi) is 2.87. The summed E-state index contributed by atoms with van der Waals surface area (Å²) in [6.07, 6.45) is 9.08. The van der Waals surface area contributed by atoms with E-state index in [0.717, 1.165) is 12.5 Å². The Morgan fingerprint density at radius 1 is 1.18 bits per heavy atom. The number of rotatable bonds is 1. The van der Waals surface area contributed by atoms with E-state index in [9.17, 15) is 0 Å². The molecule has 1 aliphatic heterocycles. The highest BCUT2D eigenvalue weighted by atomic mass is 16.5. The van der Waals surface area contributed by atoms with Crippen LogP contribution in [0.15, 0.2) is 18.2 Å². The minimum Gasteiger partial charge on any atom is -0.435 e. The Balaban J connectivity index is 1.89. The number of fused-ring (bicyclic) bond motifs is 1. The van der Waals surface area contributed by atoms with Crippen LogP contribution in [0.5, 0.6) is 5.75 Å². The number of ether oxygens (including phenoxy) is 1. The summed E-state index contributed by atoms with van der Waals surface area (Å²) in [5, 5.41) is 0. The first-order chi connectivity index (χ1) is 8.34. The third-order valence-corrected chi connectivity index (χ3v) is 3.95. The minimum atomic E-state index is 0.692. The van der Waals surface area contributed by atoms with Crippen LogP contribution in [0.4, 0.5) is 0 Å². The molecule has 0 bridgehead atoms. The lowest BCUT2D eigenvalue weighted by Crippen LogP contribution is -2.35. The molecule has 1 saturated carbocycles. The zero-order valence-electron chi connectivity index (χ0n) is 10.5. The monoisotopic (exact) mass is 230 g/mol. The minimum absolute atomic E-state index is 0.692. The Bertz CT molecular complexity index is 444. The van der Waals surface area contributed by atoms with Crippen LogP contribution in [-0.2, 0) is 0 Å². The largest absolute Gasteiger partial charge is 0.435 e. The molecule has 0 saturated heterocycles. The Morgan fingerprint density at radius 3 is 2.82 bits per heavy atom. The molecule has 3 rings (SSSR count). The van der Waals surface area contributed by atoms with E-state index >= 15 is 0 Å². The molecule has 17 heavy (non-hydrogen) atoms. The van der Waals surface area contributed by atoms with Gasteiger partial charge in [0.1, 0.15) is 5.75 Å². The zero-order chi connectivity index (χ0) is 11.7. The van der Waals surface area contributed by atoms with Crippen LogP contribution in [0.25, 0.3) is 0 Å². The van der Waals surface area contributed by atoms with Crippen LogP contribution < -0.4 is 4.74 Å². The second-order valence-corrected chi connectivity index (χ2v) is 5.20. The van der Waals surface area contributed by atoms with Gasteiger partial charge >= 0.3 is 0 Å². The standard InChI is InChI=1S/C15H20NO/c1-12-6-5-7-13-10-16(11-17-15(12)13)14-8-3-2-4-9-14/h5-7,10,14H,2-4,8-9,11H2,1H3/q+1. The maximum atomic E-state index is 5.91. The summed E-state index contributed by atoms with van der Waals surface area (Å²) >= 11 is 0. The van der Waals surface area contributed by atoms with Gasteiger partial charge in [-0.05, 0) is 31.4 Å². The molecule has 2 nitrogen and oxygen atoms in total. The number of nitrogens with zero attached hydrogens (tertiary/aromatic N) is 1. The van der Waals surface area contributed by atoms with Crippen molar-refractivity contribution in [1.82, 2.24) is 0 Å². The van der Waals surface area contributed by atoms with Crippen molar-refractivity contribution in [1.29, 1.82) is 0 Å². The third-order valence-electron chi connectivity index (χ3n) is 3.95. The molecule has 2 heteroatoms. The van der Waals surface area contributed by atoms with E-state index in [4.69, 9.17) is 4.74 Å². The van der Waals surface area contributed by atoms with E-state index in [1.165, 1.54) is 43.2 Å². The second-order valence-electron chi connectivity index (χ2n) is 5.20. The summed E-state index contributed by atoms with van der Waals surface area (Å²) in [5.41, 5.74) is 2.48. The van der Waals surface area contributed by atoms with Crippen LogP contribution in [0.3, 0.4) is 0 Å². The van der Waals surface area contributed by atoms with E-state index in [-0.39, 0.29) is 0 Å². The Labute approximate surface area is 103 Å². The molecular weight excluding hydrogens is 210 g/mol. The van der Waals surface area contributed by atoms with Crippen LogP contribution in [0.2, 0.25) is 0 Å². The van der Waals surface area contributed by atoms with Gasteiger partial charge in [0.2, 0.25) is 0 Å². The van der Waals surface area contributed by atoms with Crippen molar-refractivity contribution in [3.63, 3.8) is 0 Å². The van der Waals surface area contributed by atoms with Gasteiger partial charge in [-0.15, -0.1) is 0 Å². The first kappa shape index (κ1) is 10.8. The smallest absolute Gasteiger partial charge is 0.287 e. The Morgan fingerprint density at radius 2 is 2.00 bits per heavy atom. The lowest BCUT2D eigenvalue weighted by atomic mass is 9.95. The van der Waals surface area contributed by atoms with Crippen molar-refractivity contribution in [3.05, 3.63) is 29.3 Å². The molecule has 0 aromatic heterocycles. The average Bonchev–Trinajstić information content (AvgIpc) is 2.40. The van der Waals surface area contributed by atoms with Crippen molar-refractivity contribution in [2.24, 2.45) is 0 Å². The molecule has 1 aromatic carbocycles. The van der Waals surface area contributed by atoms with Gasteiger partial charge in [-0.25, -0.2) is 0 Å². The molecule has 0 spiro atoms. The lowest BCUT2D eigenvalue weighted by molar-refractivity contribution is -0.594. The van der Waals surface area contributed by atoms with Crippen molar-refractivity contribution >= 4 is 6.21 Å². The highest BCUT2D eigenvalue weighted by molar-refractivity contribution is 5.81. The number of para-hydroxylation sites is 1. The van der Waals surface area contributed by atoms with Gasteiger partial charge in [0.25, 0.3) is 6.73 Å². The van der Waals surface area contributed by atoms with Gasteiger partial charge in [-0.2, -0.15) is 4.58 Å². The van der Waals surface area contributed by atoms with Crippen molar-refractivity contribution in [2.45, 2.75) is 45.1 Å². The van der Waals surface area contributed by atoms with E-state index in [2.05, 4.69) is 35.9 Å². The highest BCUT2D eigenvalue weighted by Gasteiger charge is 2.27. The molecule has 0 unspecified atom stereocenters. The normalized spacial score (nSPS) is 20.4. The molecule has 2 aliphatic rings. The summed E-state index contributed by atoms with van der Waals surface area (Å²) in [4.78, 5) is 0. The van der Waals surface area contributed by atoms with E-state index in [0.29, 0.717) is 6.04 Å². The fourth-order valence-electron chi connectivity index (χ4n) is 2.95. The zero-order valence-corrected chi connectivity index (χ0v) is 10.5. The summed E-state index contributed by atoms with van der Waals surface area (Å²) in [6.45, 7) is 2.84. The summed E-state index contributed by atoms with van der Waals surface area (Å²) in [5.74, 6) is 1.07. The van der Waals surface area contributed by atoms with Crippen molar-refractivity contribution < 1.29 is 9.31 Å². The van der Waals surface area contributed by atoms with Gasteiger partial charge in [-0.3, -0.25) is 0 Å². The molecule has 1 heterocycles. The predicted molar refractivity (Wildman–Crippen MR) is 69.0 cm³/mol. The molecule has 0 N–H and O–H groups in total. The van der Waals surface area contributed by atoms with Gasteiger partial charge in [-0.1, -0.05) is 18.6 Å². The van der Waals surface area contributed by atoms with Gasteiger partial charge < -0.3 is 4.74 Å². The third kappa shape index (κ3) is 2.08. The fraction of sp³-hybridized carbons (Fsp3) is 0.533. The van der Waals surface area contributed by atoms with Crippen molar-refractivity contribution in [2.75, 3.05) is 6.73 Å². The summed E-state index contributed by atoms with van der Waals surface area (Å²) in [7, 11) is 0. The van der Waals surface area contributed by atoms with E-state index in [1.54, 1.807) is 0 Å². The van der Waals surface area contributed by atoms with Crippen LogP contribution in [0, 0.1) is 6.92 Å². The van der Waals surface area contributed by atoms with Gasteiger partial charge in [0.15, 0.2) is 12.3 Å². The molecule has 1 aliphatic carbocycles. The summed E-state index contributed by atoms with van der Waals surface area (Å²) < 4.78 is 8.30. The average molecular weight is 230 g/mol. The maximum Gasteiger partial charge on any atom is 0.287 e. The quantitative estimate of drug-likeness (QED) is 0.675. The molecule has 0 atom stereocenters. The number of aryl methyl sites for hydroxylation is 1. The van der Waals surface area contributed by atoms with Crippen LogP contribution >= 0.6 is 0 Å². The van der Waals surface area contributed by atoms with Gasteiger partial charge in [0.05, 0.1) is 5.56 Å². The molecule has 0 radical (unpaired) electrons. The molecule has 0 amide bonds. The first-order valence-electron chi connectivity index (χ1n) is 6.67. The van der Waals surface area contributed by atoms with E-state index < -0.39 is 0 Å². The van der Waals surface area contributed by atoms with Crippen molar-refractivity contribution in [3.8, 4) is 5.75 Å². The number of hydrogen-bond acceptors (Lipinski definition) is 1. The first-order valence-corrected chi connectivity index (χ1v) is 6.67. The molecule has 1 fully saturated rings. The SMILES string of the molecule is Cc1cccc2c1OC[N+](C1CCCCC1)=C2. The molecule has 90 valence electrons. The number of benzene rings is 1. The predicted octanol–water partition coefficient (Wildman–Crippen LogP) is 3.11. The topological polar surface area (TPSA) is 12.2 Å². The van der Waals surface area contributed by atoms with E-state index in [1.807, 2.05) is 0 Å². The maximum absolute atomic E-state index is 5.91. The number of hydrogen-bond donors (Lipinski definition) is 0. The fourth-order valence-corrected chi connectivity index (χ4v) is 2.95.